The van der Waals surface area contributed by atoms with Crippen molar-refractivity contribution in [2.45, 2.75) is 12.5 Å². The fourth-order valence-electron chi connectivity index (χ4n) is 2.67. The molecule has 1 aromatic rings. The molecule has 1 saturated heterocycles. The van der Waals surface area contributed by atoms with Crippen molar-refractivity contribution < 1.29 is 17.9 Å². The van der Waals surface area contributed by atoms with E-state index in [0.29, 0.717) is 30.3 Å². The van der Waals surface area contributed by atoms with Crippen LogP contribution in [-0.2, 0) is 19.4 Å². The highest BCUT2D eigenvalue weighted by Crippen LogP contribution is 2.26. The van der Waals surface area contributed by atoms with Gasteiger partial charge in [0.05, 0.1) is 28.8 Å². The first-order valence-corrected chi connectivity index (χ1v) is 10.7. The molecule has 1 aliphatic rings. The molecule has 1 fully saturated rings. The number of nitrogens with zero attached hydrogens (tertiary/aromatic N) is 2. The number of sulfone groups is 1. The molecule has 1 aromatic carbocycles. The van der Waals surface area contributed by atoms with Crippen molar-refractivity contribution in [1.29, 1.82) is 5.26 Å². The molecule has 1 N–H and O–H groups in total. The SMILES string of the molecule is COCCN(/C=C(/C#N)C(=O)Nc1ccc(Cl)cc1Cl)C1CCS(=O)(=O)C1. The van der Waals surface area contributed by atoms with Crippen LogP contribution in [0.25, 0.3) is 0 Å². The third-order valence-electron chi connectivity index (χ3n) is 4.07. The number of hydrogen-bond acceptors (Lipinski definition) is 6. The van der Waals surface area contributed by atoms with Gasteiger partial charge in [0.15, 0.2) is 9.84 Å². The highest BCUT2D eigenvalue weighted by Gasteiger charge is 2.31. The van der Waals surface area contributed by atoms with Crippen molar-refractivity contribution in [3.63, 3.8) is 0 Å². The molecular weight excluding hydrogens is 413 g/mol. The van der Waals surface area contributed by atoms with Gasteiger partial charge in [-0.05, 0) is 24.6 Å². The largest absolute Gasteiger partial charge is 0.383 e. The fraction of sp³-hybridized carbons (Fsp3) is 0.412. The van der Waals surface area contributed by atoms with Crippen LogP contribution in [0.2, 0.25) is 10.0 Å². The zero-order chi connectivity index (χ0) is 20.0. The maximum absolute atomic E-state index is 12.5. The van der Waals surface area contributed by atoms with E-state index in [-0.39, 0.29) is 28.1 Å². The Morgan fingerprint density at radius 3 is 2.78 bits per heavy atom. The number of nitrogens with one attached hydrogen (secondary N) is 1. The predicted molar refractivity (Wildman–Crippen MR) is 104 cm³/mol. The number of anilines is 1. The summed E-state index contributed by atoms with van der Waals surface area (Å²) in [5, 5.41) is 12.6. The average molecular weight is 432 g/mol. The Morgan fingerprint density at radius 1 is 1.48 bits per heavy atom. The van der Waals surface area contributed by atoms with Gasteiger partial charge in [-0.2, -0.15) is 5.26 Å². The summed E-state index contributed by atoms with van der Waals surface area (Å²) in [5.41, 5.74) is 0.153. The van der Waals surface area contributed by atoms with Crippen LogP contribution in [0.3, 0.4) is 0 Å². The second kappa shape index (κ2) is 9.42. The van der Waals surface area contributed by atoms with Crippen molar-refractivity contribution in [2.24, 2.45) is 0 Å². The lowest BCUT2D eigenvalue weighted by Crippen LogP contribution is -2.35. The second-order valence-electron chi connectivity index (χ2n) is 6.02. The van der Waals surface area contributed by atoms with Gasteiger partial charge in [0.25, 0.3) is 5.91 Å². The van der Waals surface area contributed by atoms with Gasteiger partial charge in [0.1, 0.15) is 11.6 Å². The lowest BCUT2D eigenvalue weighted by Gasteiger charge is -2.26. The molecule has 1 amide bonds. The number of benzene rings is 1. The third kappa shape index (κ3) is 6.11. The normalized spacial score (nSPS) is 18.7. The van der Waals surface area contributed by atoms with Crippen LogP contribution in [0.4, 0.5) is 5.69 Å². The van der Waals surface area contributed by atoms with E-state index in [1.165, 1.54) is 25.4 Å². The van der Waals surface area contributed by atoms with E-state index in [1.807, 2.05) is 6.07 Å². The Kier molecular flexibility index (Phi) is 7.50. The third-order valence-corrected chi connectivity index (χ3v) is 6.37. The first kappa shape index (κ1) is 21.5. The summed E-state index contributed by atoms with van der Waals surface area (Å²) in [6.45, 7) is 0.688. The minimum absolute atomic E-state index is 0.0173. The van der Waals surface area contributed by atoms with Gasteiger partial charge < -0.3 is 15.0 Å². The number of rotatable bonds is 7. The zero-order valence-corrected chi connectivity index (χ0v) is 16.9. The number of hydrogen-bond donors (Lipinski definition) is 1. The first-order chi connectivity index (χ1) is 12.8. The molecule has 0 aliphatic carbocycles. The van der Waals surface area contributed by atoms with Gasteiger partial charge in [0, 0.05) is 30.9 Å². The highest BCUT2D eigenvalue weighted by atomic mass is 35.5. The molecule has 0 spiro atoms. The maximum atomic E-state index is 12.5. The van der Waals surface area contributed by atoms with E-state index in [1.54, 1.807) is 11.0 Å². The van der Waals surface area contributed by atoms with Crippen LogP contribution in [0.15, 0.2) is 30.0 Å². The number of carbonyl (C=O) groups excluding carboxylic acids is 1. The van der Waals surface area contributed by atoms with Gasteiger partial charge in [-0.15, -0.1) is 0 Å². The number of halogens is 2. The molecule has 1 unspecified atom stereocenters. The highest BCUT2D eigenvalue weighted by molar-refractivity contribution is 7.91. The van der Waals surface area contributed by atoms with Crippen molar-refractivity contribution in [3.05, 3.63) is 40.0 Å². The van der Waals surface area contributed by atoms with E-state index in [0.717, 1.165) is 0 Å². The molecule has 1 aliphatic heterocycles. The Bertz CT molecular complexity index is 881. The topological polar surface area (TPSA) is 99.5 Å². The zero-order valence-electron chi connectivity index (χ0n) is 14.6. The minimum Gasteiger partial charge on any atom is -0.383 e. The minimum atomic E-state index is -3.11. The molecule has 146 valence electrons. The molecule has 1 heterocycles. The van der Waals surface area contributed by atoms with E-state index >= 15 is 0 Å². The van der Waals surface area contributed by atoms with Gasteiger partial charge >= 0.3 is 0 Å². The number of amides is 1. The summed E-state index contributed by atoms with van der Waals surface area (Å²) in [5.74, 6) is -0.579. The molecule has 0 saturated carbocycles. The molecule has 0 bridgehead atoms. The molecule has 7 nitrogen and oxygen atoms in total. The van der Waals surface area contributed by atoms with Crippen molar-refractivity contribution in [1.82, 2.24) is 4.90 Å². The Labute approximate surface area is 168 Å². The van der Waals surface area contributed by atoms with Crippen LogP contribution in [0.1, 0.15) is 6.42 Å². The molecule has 27 heavy (non-hydrogen) atoms. The summed E-state index contributed by atoms with van der Waals surface area (Å²) in [6, 6.07) is 6.12. The van der Waals surface area contributed by atoms with Crippen molar-refractivity contribution in [2.75, 3.05) is 37.1 Å². The van der Waals surface area contributed by atoms with Crippen LogP contribution in [-0.4, -0.2) is 57.0 Å². The van der Waals surface area contributed by atoms with Crippen LogP contribution < -0.4 is 5.32 Å². The first-order valence-electron chi connectivity index (χ1n) is 8.09. The van der Waals surface area contributed by atoms with E-state index in [4.69, 9.17) is 27.9 Å². The van der Waals surface area contributed by atoms with Crippen LogP contribution in [0, 0.1) is 11.3 Å². The Balaban J connectivity index is 2.21. The molecule has 2 rings (SSSR count). The molecule has 1 atom stereocenters. The average Bonchev–Trinajstić information content (AvgIpc) is 2.97. The van der Waals surface area contributed by atoms with E-state index in [9.17, 15) is 18.5 Å². The molecule has 0 aromatic heterocycles. The second-order valence-corrected chi connectivity index (χ2v) is 9.09. The van der Waals surface area contributed by atoms with E-state index in [2.05, 4.69) is 5.32 Å². The van der Waals surface area contributed by atoms with Crippen LogP contribution in [0.5, 0.6) is 0 Å². The maximum Gasteiger partial charge on any atom is 0.267 e. The number of nitriles is 1. The van der Waals surface area contributed by atoms with Gasteiger partial charge in [-0.25, -0.2) is 8.42 Å². The fourth-order valence-corrected chi connectivity index (χ4v) is 4.87. The predicted octanol–water partition coefficient (Wildman–Crippen LogP) is 2.47. The van der Waals surface area contributed by atoms with Gasteiger partial charge in [0.2, 0.25) is 0 Å². The van der Waals surface area contributed by atoms with Gasteiger partial charge in [-0.1, -0.05) is 23.2 Å². The number of methoxy groups -OCH3 is 1. The summed E-state index contributed by atoms with van der Waals surface area (Å²) < 4.78 is 28.6. The number of carbonyl (C=O) groups is 1. The monoisotopic (exact) mass is 431 g/mol. The molecule has 10 heteroatoms. The molecular formula is C17H19Cl2N3O4S. The van der Waals surface area contributed by atoms with E-state index < -0.39 is 15.7 Å². The quantitative estimate of drug-likeness (QED) is 0.525. The number of ether oxygens (including phenoxy) is 1. The van der Waals surface area contributed by atoms with Crippen molar-refractivity contribution >= 4 is 44.6 Å². The smallest absolute Gasteiger partial charge is 0.267 e. The summed E-state index contributed by atoms with van der Waals surface area (Å²) in [4.78, 5) is 14.1. The summed E-state index contributed by atoms with van der Waals surface area (Å²) in [6.07, 6.45) is 1.82. The van der Waals surface area contributed by atoms with Crippen LogP contribution >= 0.6 is 23.2 Å². The molecule has 0 radical (unpaired) electrons. The lowest BCUT2D eigenvalue weighted by molar-refractivity contribution is -0.112. The lowest BCUT2D eigenvalue weighted by atomic mass is 10.2. The standard InChI is InChI=1S/C17H19Cl2N3O4S/c1-26-6-5-22(14-4-7-27(24,25)11-14)10-12(9-20)17(23)21-16-3-2-13(18)8-15(16)19/h2-3,8,10,14H,4-7,11H2,1H3,(H,21,23)/b12-10-. The summed E-state index contributed by atoms with van der Waals surface area (Å²) >= 11 is 11.9. The Hall–Kier alpha value is -1.79. The summed E-state index contributed by atoms with van der Waals surface area (Å²) in [7, 11) is -1.59. The Morgan fingerprint density at radius 2 is 2.22 bits per heavy atom. The van der Waals surface area contributed by atoms with Crippen molar-refractivity contribution in [3.8, 4) is 6.07 Å². The van der Waals surface area contributed by atoms with Gasteiger partial charge in [-0.3, -0.25) is 4.79 Å².